The summed E-state index contributed by atoms with van der Waals surface area (Å²) in [5.74, 6) is 0.0000753. The molecule has 19 heavy (non-hydrogen) atoms. The zero-order valence-electron chi connectivity index (χ0n) is 10.3. The minimum absolute atomic E-state index is 0.145. The van der Waals surface area contributed by atoms with Crippen molar-refractivity contribution in [1.29, 1.82) is 0 Å². The van der Waals surface area contributed by atoms with Gasteiger partial charge >= 0.3 is 0 Å². The molecule has 0 spiro atoms. The highest BCUT2D eigenvalue weighted by molar-refractivity contribution is 9.08. The summed E-state index contributed by atoms with van der Waals surface area (Å²) in [5, 5.41) is 13.2. The third kappa shape index (κ3) is 3.83. The van der Waals surface area contributed by atoms with Crippen LogP contribution in [0.3, 0.4) is 0 Å². The number of nitrogens with one attached hydrogen (secondary N) is 1. The van der Waals surface area contributed by atoms with E-state index in [9.17, 15) is 9.90 Å². The molecule has 0 saturated heterocycles. The first-order chi connectivity index (χ1) is 9.19. The molecule has 1 amide bonds. The molecule has 98 valence electrons. The fourth-order valence-corrected chi connectivity index (χ4v) is 2.12. The first-order valence-electron chi connectivity index (χ1n) is 5.90. The lowest BCUT2D eigenvalue weighted by Crippen LogP contribution is -2.14. The molecular weight excluding hydrogens is 306 g/mol. The Bertz CT molecular complexity index is 584. The lowest BCUT2D eigenvalue weighted by molar-refractivity contribution is -0.115. The van der Waals surface area contributed by atoms with Crippen LogP contribution in [0.2, 0.25) is 0 Å². The lowest BCUT2D eigenvalue weighted by atomic mass is 10.1. The van der Waals surface area contributed by atoms with Crippen LogP contribution in [0, 0.1) is 0 Å². The summed E-state index contributed by atoms with van der Waals surface area (Å²) in [6.07, 6.45) is 0.158. The van der Waals surface area contributed by atoms with E-state index in [-0.39, 0.29) is 18.1 Å². The fraction of sp³-hybridized carbons (Fsp3) is 0.133. The van der Waals surface area contributed by atoms with E-state index in [0.29, 0.717) is 5.56 Å². The van der Waals surface area contributed by atoms with E-state index in [1.165, 1.54) is 0 Å². The summed E-state index contributed by atoms with van der Waals surface area (Å²) in [6, 6.07) is 14.5. The minimum Gasteiger partial charge on any atom is -0.508 e. The highest BCUT2D eigenvalue weighted by atomic mass is 79.9. The van der Waals surface area contributed by atoms with Crippen LogP contribution in [0.4, 0.5) is 5.69 Å². The van der Waals surface area contributed by atoms with E-state index < -0.39 is 0 Å². The predicted molar refractivity (Wildman–Crippen MR) is 79.5 cm³/mol. The third-order valence-electron chi connectivity index (χ3n) is 2.71. The van der Waals surface area contributed by atoms with Crippen molar-refractivity contribution in [1.82, 2.24) is 0 Å². The Hall–Kier alpha value is -1.81. The molecule has 2 aromatic carbocycles. The van der Waals surface area contributed by atoms with Gasteiger partial charge in [0, 0.05) is 16.6 Å². The molecule has 0 fully saturated rings. The van der Waals surface area contributed by atoms with Gasteiger partial charge in [-0.1, -0.05) is 46.3 Å². The number of carbonyl (C=O) groups excluding carboxylic acids is 1. The number of anilines is 1. The quantitative estimate of drug-likeness (QED) is 0.848. The van der Waals surface area contributed by atoms with Crippen LogP contribution >= 0.6 is 15.9 Å². The normalized spacial score (nSPS) is 10.2. The van der Waals surface area contributed by atoms with Gasteiger partial charge in [-0.25, -0.2) is 0 Å². The van der Waals surface area contributed by atoms with Crippen LogP contribution < -0.4 is 5.32 Å². The number of carbonyl (C=O) groups is 1. The smallest absolute Gasteiger partial charge is 0.228 e. The molecule has 2 rings (SSSR count). The molecule has 0 heterocycles. The summed E-state index contributed by atoms with van der Waals surface area (Å²) >= 11 is 3.38. The molecule has 0 radical (unpaired) electrons. The Kier molecular flexibility index (Phi) is 4.58. The van der Waals surface area contributed by atoms with Crippen molar-refractivity contribution in [3.63, 3.8) is 0 Å². The number of hydrogen-bond donors (Lipinski definition) is 2. The van der Waals surface area contributed by atoms with Gasteiger partial charge in [0.05, 0.1) is 6.42 Å². The molecule has 2 N–H and O–H groups in total. The Morgan fingerprint density at radius 1 is 1.16 bits per heavy atom. The van der Waals surface area contributed by atoms with Gasteiger partial charge in [0.15, 0.2) is 0 Å². The molecule has 2 aromatic rings. The van der Waals surface area contributed by atoms with Gasteiger partial charge in [-0.05, 0) is 23.8 Å². The highest BCUT2D eigenvalue weighted by Gasteiger charge is 2.07. The minimum atomic E-state index is -0.145. The summed E-state index contributed by atoms with van der Waals surface area (Å²) in [6.45, 7) is 0. The number of benzene rings is 2. The predicted octanol–water partition coefficient (Wildman–Crippen LogP) is 3.47. The molecular formula is C15H14BrNO2. The maximum Gasteiger partial charge on any atom is 0.228 e. The molecule has 0 unspecified atom stereocenters. The molecule has 0 atom stereocenters. The molecule has 0 aliphatic carbocycles. The van der Waals surface area contributed by atoms with E-state index >= 15 is 0 Å². The zero-order valence-corrected chi connectivity index (χ0v) is 11.9. The molecule has 0 aliphatic rings. The van der Waals surface area contributed by atoms with E-state index in [1.54, 1.807) is 24.3 Å². The lowest BCUT2D eigenvalue weighted by Gasteiger charge is -2.07. The number of hydrogen-bond acceptors (Lipinski definition) is 2. The molecule has 0 bridgehead atoms. The van der Waals surface area contributed by atoms with E-state index in [2.05, 4.69) is 21.2 Å². The van der Waals surface area contributed by atoms with E-state index in [0.717, 1.165) is 16.6 Å². The topological polar surface area (TPSA) is 49.3 Å². The standard InChI is InChI=1S/C15H14BrNO2/c16-10-11-4-3-6-13(8-11)17-15(19)9-12-5-1-2-7-14(12)18/h1-8,18H,9-10H2,(H,17,19). The van der Waals surface area contributed by atoms with Crippen LogP contribution in [0.25, 0.3) is 0 Å². The second-order valence-electron chi connectivity index (χ2n) is 4.19. The maximum atomic E-state index is 11.9. The van der Waals surface area contributed by atoms with Crippen LogP contribution in [0.1, 0.15) is 11.1 Å². The number of phenols is 1. The van der Waals surface area contributed by atoms with Gasteiger partial charge in [-0.3, -0.25) is 4.79 Å². The van der Waals surface area contributed by atoms with Gasteiger partial charge in [0.2, 0.25) is 5.91 Å². The molecule has 0 saturated carbocycles. The first-order valence-corrected chi connectivity index (χ1v) is 7.03. The number of phenolic OH excluding ortho intramolecular Hbond substituents is 1. The van der Waals surface area contributed by atoms with Crippen molar-refractivity contribution in [2.24, 2.45) is 0 Å². The van der Waals surface area contributed by atoms with Crippen molar-refractivity contribution < 1.29 is 9.90 Å². The zero-order chi connectivity index (χ0) is 13.7. The van der Waals surface area contributed by atoms with Crippen molar-refractivity contribution in [2.75, 3.05) is 5.32 Å². The summed E-state index contributed by atoms with van der Waals surface area (Å²) in [7, 11) is 0. The Morgan fingerprint density at radius 3 is 2.68 bits per heavy atom. The summed E-state index contributed by atoms with van der Waals surface area (Å²) < 4.78 is 0. The van der Waals surface area contributed by atoms with Gasteiger partial charge in [0.1, 0.15) is 5.75 Å². The van der Waals surface area contributed by atoms with E-state index in [1.807, 2.05) is 24.3 Å². The highest BCUT2D eigenvalue weighted by Crippen LogP contribution is 2.17. The molecule has 4 heteroatoms. The van der Waals surface area contributed by atoms with Gasteiger partial charge < -0.3 is 10.4 Å². The van der Waals surface area contributed by atoms with Crippen LogP contribution in [0.5, 0.6) is 5.75 Å². The van der Waals surface area contributed by atoms with Crippen LogP contribution in [-0.2, 0) is 16.5 Å². The van der Waals surface area contributed by atoms with Gasteiger partial charge in [-0.2, -0.15) is 0 Å². The largest absolute Gasteiger partial charge is 0.508 e. The average molecular weight is 320 g/mol. The first kappa shape index (κ1) is 13.6. The number of halogens is 1. The average Bonchev–Trinajstić information content (AvgIpc) is 2.41. The summed E-state index contributed by atoms with van der Waals surface area (Å²) in [5.41, 5.74) is 2.48. The second-order valence-corrected chi connectivity index (χ2v) is 4.75. The van der Waals surface area contributed by atoms with Gasteiger partial charge in [-0.15, -0.1) is 0 Å². The number of aromatic hydroxyl groups is 1. The Morgan fingerprint density at radius 2 is 1.95 bits per heavy atom. The van der Waals surface area contributed by atoms with Crippen molar-refractivity contribution in [3.8, 4) is 5.75 Å². The number of rotatable bonds is 4. The Balaban J connectivity index is 2.03. The maximum absolute atomic E-state index is 11.9. The van der Waals surface area contributed by atoms with Crippen molar-refractivity contribution in [3.05, 3.63) is 59.7 Å². The molecule has 0 aromatic heterocycles. The van der Waals surface area contributed by atoms with E-state index in [4.69, 9.17) is 0 Å². The van der Waals surface area contributed by atoms with Crippen molar-refractivity contribution >= 4 is 27.5 Å². The van der Waals surface area contributed by atoms with Crippen LogP contribution in [-0.4, -0.2) is 11.0 Å². The van der Waals surface area contributed by atoms with Crippen molar-refractivity contribution in [2.45, 2.75) is 11.8 Å². The Labute approximate surface area is 120 Å². The number of para-hydroxylation sites is 1. The molecule has 0 aliphatic heterocycles. The SMILES string of the molecule is O=C(Cc1ccccc1O)Nc1cccc(CBr)c1. The monoisotopic (exact) mass is 319 g/mol. The summed E-state index contributed by atoms with van der Waals surface area (Å²) in [4.78, 5) is 11.9. The van der Waals surface area contributed by atoms with Crippen LogP contribution in [0.15, 0.2) is 48.5 Å². The third-order valence-corrected chi connectivity index (χ3v) is 3.36. The fourth-order valence-electron chi connectivity index (χ4n) is 1.77. The molecule has 3 nitrogen and oxygen atoms in total. The van der Waals surface area contributed by atoms with Gasteiger partial charge in [0.25, 0.3) is 0 Å². The second kappa shape index (κ2) is 6.38. The number of alkyl halides is 1. The number of amides is 1.